The summed E-state index contributed by atoms with van der Waals surface area (Å²) in [5.41, 5.74) is 0. The van der Waals surface area contributed by atoms with Gasteiger partial charge in [0.05, 0.1) is 13.0 Å². The lowest BCUT2D eigenvalue weighted by Gasteiger charge is -2.28. The highest BCUT2D eigenvalue weighted by Crippen LogP contribution is 2.31. The van der Waals surface area contributed by atoms with Gasteiger partial charge in [-0.2, -0.15) is 0 Å². The zero-order valence-electron chi connectivity index (χ0n) is 11.1. The molecule has 2 rings (SSSR count). The van der Waals surface area contributed by atoms with Crippen LogP contribution in [-0.2, 0) is 16.1 Å². The summed E-state index contributed by atoms with van der Waals surface area (Å²) in [6.45, 7) is 5.42. The molecule has 3 nitrogen and oxygen atoms in total. The SMILES string of the molecule is CCOC(=O)CC(C)N(Cc1cccs1)C1CC1. The third-order valence-corrected chi connectivity index (χ3v) is 4.13. The number of hydrogen-bond donors (Lipinski definition) is 0. The first-order valence-corrected chi connectivity index (χ1v) is 7.52. The van der Waals surface area contributed by atoms with Gasteiger partial charge < -0.3 is 4.74 Å². The van der Waals surface area contributed by atoms with Crippen LogP contribution in [0.15, 0.2) is 17.5 Å². The number of hydrogen-bond acceptors (Lipinski definition) is 4. The van der Waals surface area contributed by atoms with Crippen LogP contribution in [0.3, 0.4) is 0 Å². The Morgan fingerprint density at radius 2 is 2.39 bits per heavy atom. The summed E-state index contributed by atoms with van der Waals surface area (Å²) in [5, 5.41) is 2.11. The predicted octanol–water partition coefficient (Wildman–Crippen LogP) is 3.05. The molecule has 1 aliphatic carbocycles. The first-order chi connectivity index (χ1) is 8.70. The van der Waals surface area contributed by atoms with Crippen molar-refractivity contribution in [2.45, 2.75) is 51.7 Å². The fraction of sp³-hybridized carbons (Fsp3) is 0.643. The van der Waals surface area contributed by atoms with E-state index in [1.165, 1.54) is 17.7 Å². The normalized spacial score (nSPS) is 16.8. The number of carbonyl (C=O) groups excluding carboxylic acids is 1. The molecule has 1 fully saturated rings. The minimum atomic E-state index is -0.0816. The Kier molecular flexibility index (Phi) is 4.78. The Morgan fingerprint density at radius 1 is 1.61 bits per heavy atom. The first-order valence-electron chi connectivity index (χ1n) is 6.64. The molecule has 0 spiro atoms. The standard InChI is InChI=1S/C14H21NO2S/c1-3-17-14(16)9-11(2)15(12-6-7-12)10-13-5-4-8-18-13/h4-5,8,11-12H,3,6-7,9-10H2,1-2H3. The fourth-order valence-corrected chi connectivity index (χ4v) is 2.92. The van der Waals surface area contributed by atoms with Crippen LogP contribution in [0.5, 0.6) is 0 Å². The molecular formula is C14H21NO2S. The zero-order chi connectivity index (χ0) is 13.0. The summed E-state index contributed by atoms with van der Waals surface area (Å²) < 4.78 is 5.04. The van der Waals surface area contributed by atoms with Gasteiger partial charge >= 0.3 is 5.97 Å². The number of carbonyl (C=O) groups is 1. The number of thiophene rings is 1. The summed E-state index contributed by atoms with van der Waals surface area (Å²) in [6.07, 6.45) is 3.02. The van der Waals surface area contributed by atoms with Crippen molar-refractivity contribution in [2.24, 2.45) is 0 Å². The Labute approximate surface area is 113 Å². The van der Waals surface area contributed by atoms with Crippen LogP contribution < -0.4 is 0 Å². The third kappa shape index (κ3) is 3.82. The van der Waals surface area contributed by atoms with Gasteiger partial charge in [-0.05, 0) is 38.1 Å². The van der Waals surface area contributed by atoms with Gasteiger partial charge in [-0.25, -0.2) is 0 Å². The summed E-state index contributed by atoms with van der Waals surface area (Å²) in [7, 11) is 0. The Hall–Kier alpha value is -0.870. The van der Waals surface area contributed by atoms with Gasteiger partial charge in [0.1, 0.15) is 0 Å². The molecule has 0 saturated heterocycles. The van der Waals surface area contributed by atoms with Gasteiger partial charge in [0.2, 0.25) is 0 Å². The van der Waals surface area contributed by atoms with Crippen molar-refractivity contribution in [1.29, 1.82) is 0 Å². The summed E-state index contributed by atoms with van der Waals surface area (Å²) in [5.74, 6) is -0.0816. The molecule has 0 radical (unpaired) electrons. The molecule has 1 saturated carbocycles. The van der Waals surface area contributed by atoms with Crippen molar-refractivity contribution in [1.82, 2.24) is 4.90 Å². The highest BCUT2D eigenvalue weighted by atomic mass is 32.1. The van der Waals surface area contributed by atoms with E-state index in [0.29, 0.717) is 19.1 Å². The number of rotatable bonds is 7. The Bertz CT molecular complexity index is 373. The van der Waals surface area contributed by atoms with Crippen LogP contribution in [0, 0.1) is 0 Å². The lowest BCUT2D eigenvalue weighted by Crippen LogP contribution is -2.36. The highest BCUT2D eigenvalue weighted by molar-refractivity contribution is 7.09. The second kappa shape index (κ2) is 6.34. The van der Waals surface area contributed by atoms with Crippen molar-refractivity contribution >= 4 is 17.3 Å². The molecule has 4 heteroatoms. The van der Waals surface area contributed by atoms with Crippen molar-refractivity contribution in [3.8, 4) is 0 Å². The first kappa shape index (κ1) is 13.6. The molecule has 18 heavy (non-hydrogen) atoms. The fourth-order valence-electron chi connectivity index (χ4n) is 2.21. The zero-order valence-corrected chi connectivity index (χ0v) is 11.9. The molecule has 0 aliphatic heterocycles. The topological polar surface area (TPSA) is 29.5 Å². The summed E-state index contributed by atoms with van der Waals surface area (Å²) in [4.78, 5) is 15.4. The van der Waals surface area contributed by atoms with Gasteiger partial charge in [0.25, 0.3) is 0 Å². The van der Waals surface area contributed by atoms with Crippen molar-refractivity contribution in [3.05, 3.63) is 22.4 Å². The Morgan fingerprint density at radius 3 is 2.94 bits per heavy atom. The average Bonchev–Trinajstić information content (AvgIpc) is 3.03. The molecule has 0 amide bonds. The van der Waals surface area contributed by atoms with Gasteiger partial charge in [0.15, 0.2) is 0 Å². The van der Waals surface area contributed by atoms with Crippen molar-refractivity contribution < 1.29 is 9.53 Å². The smallest absolute Gasteiger partial charge is 0.307 e. The van der Waals surface area contributed by atoms with Gasteiger partial charge in [-0.15, -0.1) is 11.3 Å². The average molecular weight is 267 g/mol. The molecule has 1 atom stereocenters. The monoisotopic (exact) mass is 267 g/mol. The minimum Gasteiger partial charge on any atom is -0.466 e. The molecule has 1 aliphatic rings. The second-order valence-corrected chi connectivity index (χ2v) is 5.87. The van der Waals surface area contributed by atoms with Crippen LogP contribution in [0.1, 0.15) is 38.0 Å². The molecule has 100 valence electrons. The van der Waals surface area contributed by atoms with Gasteiger partial charge in [-0.3, -0.25) is 9.69 Å². The van der Waals surface area contributed by atoms with Crippen LogP contribution in [-0.4, -0.2) is 29.6 Å². The van der Waals surface area contributed by atoms with E-state index in [9.17, 15) is 4.79 Å². The molecule has 0 bridgehead atoms. The van der Waals surface area contributed by atoms with Crippen LogP contribution in [0.2, 0.25) is 0 Å². The van der Waals surface area contributed by atoms with Crippen LogP contribution >= 0.6 is 11.3 Å². The van der Waals surface area contributed by atoms with E-state index in [2.05, 4.69) is 29.3 Å². The quantitative estimate of drug-likeness (QED) is 0.711. The summed E-state index contributed by atoms with van der Waals surface area (Å²) >= 11 is 1.79. The third-order valence-electron chi connectivity index (χ3n) is 3.27. The molecule has 1 unspecified atom stereocenters. The van der Waals surface area contributed by atoms with E-state index in [4.69, 9.17) is 4.74 Å². The van der Waals surface area contributed by atoms with E-state index in [1.54, 1.807) is 11.3 Å². The second-order valence-electron chi connectivity index (χ2n) is 4.84. The molecule has 1 aromatic heterocycles. The molecule has 1 aromatic rings. The van der Waals surface area contributed by atoms with Crippen LogP contribution in [0.25, 0.3) is 0 Å². The van der Waals surface area contributed by atoms with Crippen LogP contribution in [0.4, 0.5) is 0 Å². The largest absolute Gasteiger partial charge is 0.466 e. The maximum absolute atomic E-state index is 11.6. The van der Waals surface area contributed by atoms with E-state index in [-0.39, 0.29) is 12.0 Å². The molecule has 1 heterocycles. The van der Waals surface area contributed by atoms with E-state index < -0.39 is 0 Å². The maximum Gasteiger partial charge on any atom is 0.307 e. The lowest BCUT2D eigenvalue weighted by atomic mass is 10.2. The Balaban J connectivity index is 1.90. The summed E-state index contributed by atoms with van der Waals surface area (Å²) in [6, 6.07) is 5.17. The van der Waals surface area contributed by atoms with E-state index in [1.807, 2.05) is 6.92 Å². The molecular weight excluding hydrogens is 246 g/mol. The van der Waals surface area contributed by atoms with E-state index in [0.717, 1.165) is 6.54 Å². The number of nitrogens with zero attached hydrogens (tertiary/aromatic N) is 1. The highest BCUT2D eigenvalue weighted by Gasteiger charge is 2.33. The molecule has 0 aromatic carbocycles. The van der Waals surface area contributed by atoms with Crippen molar-refractivity contribution in [2.75, 3.05) is 6.61 Å². The number of esters is 1. The van der Waals surface area contributed by atoms with E-state index >= 15 is 0 Å². The maximum atomic E-state index is 11.6. The lowest BCUT2D eigenvalue weighted by molar-refractivity contribution is -0.144. The van der Waals surface area contributed by atoms with Gasteiger partial charge in [-0.1, -0.05) is 6.07 Å². The number of ether oxygens (including phenoxy) is 1. The predicted molar refractivity (Wildman–Crippen MR) is 73.6 cm³/mol. The molecule has 0 N–H and O–H groups in total. The van der Waals surface area contributed by atoms with Crippen molar-refractivity contribution in [3.63, 3.8) is 0 Å². The minimum absolute atomic E-state index is 0.0816. The van der Waals surface area contributed by atoms with Gasteiger partial charge in [0, 0.05) is 23.5 Å².